The number of rotatable bonds is 2. The average molecular weight is 256 g/mol. The normalized spacial score (nSPS) is 10.6. The van der Waals surface area contributed by atoms with Gasteiger partial charge < -0.3 is 4.42 Å². The zero-order valence-electron chi connectivity index (χ0n) is 7.07. The number of benzene rings is 1. The number of nitro groups is 1. The molecule has 0 radical (unpaired) electrons. The lowest BCUT2D eigenvalue weighted by Gasteiger charge is -1.89. The molecule has 5 heteroatoms. The SMILES string of the molecule is O=[N+]([O-])c1ccc2cc(CBr)oc2c1. The zero-order chi connectivity index (χ0) is 10.1. The van der Waals surface area contributed by atoms with Crippen LogP contribution in [0.5, 0.6) is 0 Å². The Labute approximate surface area is 87.8 Å². The predicted molar refractivity (Wildman–Crippen MR) is 55.5 cm³/mol. The first kappa shape index (κ1) is 9.21. The average Bonchev–Trinajstić information content (AvgIpc) is 2.58. The number of alkyl halides is 1. The van der Waals surface area contributed by atoms with Gasteiger partial charge in [0.25, 0.3) is 5.69 Å². The molecule has 0 aliphatic rings. The van der Waals surface area contributed by atoms with E-state index >= 15 is 0 Å². The van der Waals surface area contributed by atoms with E-state index in [2.05, 4.69) is 15.9 Å². The van der Waals surface area contributed by atoms with Crippen LogP contribution in [0.15, 0.2) is 28.7 Å². The van der Waals surface area contributed by atoms with Crippen molar-refractivity contribution in [2.75, 3.05) is 0 Å². The van der Waals surface area contributed by atoms with Gasteiger partial charge in [-0.3, -0.25) is 10.1 Å². The van der Waals surface area contributed by atoms with Crippen LogP contribution in [-0.2, 0) is 5.33 Å². The second-order valence-electron chi connectivity index (χ2n) is 2.83. The number of halogens is 1. The Bertz CT molecular complexity index is 492. The number of nitro benzene ring substituents is 1. The molecule has 0 saturated carbocycles. The van der Waals surface area contributed by atoms with Crippen molar-refractivity contribution in [1.82, 2.24) is 0 Å². The smallest absolute Gasteiger partial charge is 0.273 e. The van der Waals surface area contributed by atoms with E-state index in [0.717, 1.165) is 11.1 Å². The van der Waals surface area contributed by atoms with E-state index in [-0.39, 0.29) is 5.69 Å². The minimum absolute atomic E-state index is 0.0490. The van der Waals surface area contributed by atoms with Crippen LogP contribution in [0.4, 0.5) is 5.69 Å². The van der Waals surface area contributed by atoms with E-state index in [1.54, 1.807) is 6.07 Å². The Morgan fingerprint density at radius 2 is 2.21 bits per heavy atom. The molecule has 1 heterocycles. The summed E-state index contributed by atoms with van der Waals surface area (Å²) in [6.45, 7) is 0. The minimum atomic E-state index is -0.435. The Hall–Kier alpha value is -1.36. The molecule has 0 unspecified atom stereocenters. The van der Waals surface area contributed by atoms with Crippen LogP contribution in [0.25, 0.3) is 11.0 Å². The maximum atomic E-state index is 10.5. The Morgan fingerprint density at radius 3 is 2.86 bits per heavy atom. The van der Waals surface area contributed by atoms with Crippen LogP contribution in [0, 0.1) is 10.1 Å². The molecular formula is C9H6BrNO3. The zero-order valence-corrected chi connectivity index (χ0v) is 8.65. The molecule has 0 atom stereocenters. The molecule has 1 aromatic carbocycles. The first-order valence-corrected chi connectivity index (χ1v) is 5.05. The van der Waals surface area contributed by atoms with Crippen molar-refractivity contribution in [3.05, 3.63) is 40.1 Å². The van der Waals surface area contributed by atoms with Gasteiger partial charge in [-0.25, -0.2) is 0 Å². The van der Waals surface area contributed by atoms with Crippen molar-refractivity contribution in [1.29, 1.82) is 0 Å². The molecule has 0 N–H and O–H groups in total. The van der Waals surface area contributed by atoms with Gasteiger partial charge in [0.15, 0.2) is 0 Å². The van der Waals surface area contributed by atoms with Crippen molar-refractivity contribution in [3.63, 3.8) is 0 Å². The highest BCUT2D eigenvalue weighted by Crippen LogP contribution is 2.24. The number of furan rings is 1. The second-order valence-corrected chi connectivity index (χ2v) is 3.39. The first-order chi connectivity index (χ1) is 6.70. The molecule has 72 valence electrons. The minimum Gasteiger partial charge on any atom is -0.460 e. The summed E-state index contributed by atoms with van der Waals surface area (Å²) in [5, 5.41) is 12.0. The summed E-state index contributed by atoms with van der Waals surface area (Å²) in [7, 11) is 0. The summed E-state index contributed by atoms with van der Waals surface area (Å²) in [6.07, 6.45) is 0. The van der Waals surface area contributed by atoms with Gasteiger partial charge in [-0.1, -0.05) is 15.9 Å². The fraction of sp³-hybridized carbons (Fsp3) is 0.111. The summed E-state index contributed by atoms with van der Waals surface area (Å²) in [6, 6.07) is 6.44. The van der Waals surface area contributed by atoms with Gasteiger partial charge >= 0.3 is 0 Å². The highest BCUT2D eigenvalue weighted by Gasteiger charge is 2.09. The van der Waals surface area contributed by atoms with Gasteiger partial charge in [0, 0.05) is 11.5 Å². The molecule has 0 saturated heterocycles. The van der Waals surface area contributed by atoms with Gasteiger partial charge in [0.05, 0.1) is 16.3 Å². The van der Waals surface area contributed by atoms with Gasteiger partial charge in [-0.05, 0) is 12.1 Å². The quantitative estimate of drug-likeness (QED) is 0.470. The van der Waals surface area contributed by atoms with E-state index in [9.17, 15) is 10.1 Å². The van der Waals surface area contributed by atoms with Gasteiger partial charge in [0.2, 0.25) is 0 Å². The van der Waals surface area contributed by atoms with E-state index in [1.807, 2.05) is 6.07 Å². The monoisotopic (exact) mass is 255 g/mol. The van der Waals surface area contributed by atoms with Crippen LogP contribution in [0.1, 0.15) is 5.76 Å². The van der Waals surface area contributed by atoms with Crippen molar-refractivity contribution >= 4 is 32.6 Å². The molecule has 0 fully saturated rings. The second kappa shape index (κ2) is 3.42. The van der Waals surface area contributed by atoms with Crippen LogP contribution in [-0.4, -0.2) is 4.92 Å². The number of fused-ring (bicyclic) bond motifs is 1. The van der Waals surface area contributed by atoms with Crippen LogP contribution < -0.4 is 0 Å². The highest BCUT2D eigenvalue weighted by molar-refractivity contribution is 9.08. The molecule has 0 bridgehead atoms. The third-order valence-corrected chi connectivity index (χ3v) is 2.45. The van der Waals surface area contributed by atoms with E-state index in [0.29, 0.717) is 10.9 Å². The van der Waals surface area contributed by atoms with Gasteiger partial charge in [0.1, 0.15) is 11.3 Å². The highest BCUT2D eigenvalue weighted by atomic mass is 79.9. The first-order valence-electron chi connectivity index (χ1n) is 3.93. The number of hydrogen-bond acceptors (Lipinski definition) is 3. The van der Waals surface area contributed by atoms with Crippen molar-refractivity contribution in [2.24, 2.45) is 0 Å². The van der Waals surface area contributed by atoms with Gasteiger partial charge in [-0.2, -0.15) is 0 Å². The maximum Gasteiger partial charge on any atom is 0.273 e. The fourth-order valence-corrected chi connectivity index (χ4v) is 1.53. The third-order valence-electron chi connectivity index (χ3n) is 1.90. The molecule has 1 aromatic heterocycles. The lowest BCUT2D eigenvalue weighted by atomic mass is 10.2. The molecule has 0 amide bonds. The lowest BCUT2D eigenvalue weighted by Crippen LogP contribution is -1.85. The fourth-order valence-electron chi connectivity index (χ4n) is 1.25. The van der Waals surface area contributed by atoms with Gasteiger partial charge in [-0.15, -0.1) is 0 Å². The third kappa shape index (κ3) is 1.50. The van der Waals surface area contributed by atoms with Crippen LogP contribution in [0.3, 0.4) is 0 Å². The van der Waals surface area contributed by atoms with Crippen LogP contribution in [0.2, 0.25) is 0 Å². The van der Waals surface area contributed by atoms with Crippen molar-refractivity contribution in [3.8, 4) is 0 Å². The van der Waals surface area contributed by atoms with Crippen LogP contribution >= 0.6 is 15.9 Å². The topological polar surface area (TPSA) is 56.3 Å². The van der Waals surface area contributed by atoms with E-state index < -0.39 is 4.92 Å². The van der Waals surface area contributed by atoms with E-state index in [1.165, 1.54) is 12.1 Å². The standard InChI is InChI=1S/C9H6BrNO3/c10-5-8-3-6-1-2-7(11(12)13)4-9(6)14-8/h1-4H,5H2. The largest absolute Gasteiger partial charge is 0.460 e. The summed E-state index contributed by atoms with van der Waals surface area (Å²) >= 11 is 3.26. The van der Waals surface area contributed by atoms with Crippen molar-refractivity contribution in [2.45, 2.75) is 5.33 Å². The van der Waals surface area contributed by atoms with E-state index in [4.69, 9.17) is 4.42 Å². The van der Waals surface area contributed by atoms with Crippen molar-refractivity contribution < 1.29 is 9.34 Å². The molecule has 0 aliphatic heterocycles. The Balaban J connectivity index is 2.59. The maximum absolute atomic E-state index is 10.5. The number of nitrogens with zero attached hydrogens (tertiary/aromatic N) is 1. The summed E-state index contributed by atoms with van der Waals surface area (Å²) in [4.78, 5) is 10.0. The predicted octanol–water partition coefficient (Wildman–Crippen LogP) is 3.24. The molecule has 2 aromatic rings. The summed E-state index contributed by atoms with van der Waals surface area (Å²) in [5.41, 5.74) is 0.599. The Kier molecular flexibility index (Phi) is 2.25. The molecule has 2 rings (SSSR count). The summed E-state index contributed by atoms with van der Waals surface area (Å²) in [5.74, 6) is 0.764. The molecular weight excluding hydrogens is 250 g/mol. The lowest BCUT2D eigenvalue weighted by molar-refractivity contribution is -0.384. The summed E-state index contributed by atoms with van der Waals surface area (Å²) < 4.78 is 5.36. The molecule has 4 nitrogen and oxygen atoms in total. The number of non-ortho nitro benzene ring substituents is 1. The molecule has 0 spiro atoms. The molecule has 14 heavy (non-hydrogen) atoms. The molecule has 0 aliphatic carbocycles. The number of hydrogen-bond donors (Lipinski definition) is 0. The Morgan fingerprint density at radius 1 is 1.43 bits per heavy atom.